The van der Waals surface area contributed by atoms with Gasteiger partial charge < -0.3 is 15.0 Å². The zero-order chi connectivity index (χ0) is 16.8. The molecule has 0 fully saturated rings. The molecule has 0 spiro atoms. The highest BCUT2D eigenvalue weighted by molar-refractivity contribution is 9.10. The number of aromatic nitrogens is 1. The monoisotopic (exact) mass is 377 g/mol. The van der Waals surface area contributed by atoms with Gasteiger partial charge in [0.05, 0.1) is 5.56 Å². The Bertz CT molecular complexity index is 702. The van der Waals surface area contributed by atoms with Gasteiger partial charge in [-0.3, -0.25) is 14.6 Å². The summed E-state index contributed by atoms with van der Waals surface area (Å²) in [5.74, 6) is 0.183. The van der Waals surface area contributed by atoms with Crippen LogP contribution in [0.2, 0.25) is 0 Å². The quantitative estimate of drug-likeness (QED) is 0.868. The fourth-order valence-corrected chi connectivity index (χ4v) is 2.01. The smallest absolute Gasteiger partial charge is 0.259 e. The van der Waals surface area contributed by atoms with Gasteiger partial charge in [0.1, 0.15) is 5.75 Å². The van der Waals surface area contributed by atoms with Crippen LogP contribution >= 0.6 is 15.9 Å². The molecule has 0 atom stereocenters. The molecule has 6 nitrogen and oxygen atoms in total. The number of ether oxygens (including phenoxy) is 1. The lowest BCUT2D eigenvalue weighted by Gasteiger charge is -2.11. The van der Waals surface area contributed by atoms with Crippen LogP contribution in [-0.4, -0.2) is 42.4 Å². The number of nitrogens with one attached hydrogen (secondary N) is 1. The molecule has 0 aliphatic carbocycles. The lowest BCUT2D eigenvalue weighted by atomic mass is 10.2. The minimum atomic E-state index is -0.254. The highest BCUT2D eigenvalue weighted by Crippen LogP contribution is 2.17. The molecule has 0 aliphatic heterocycles. The third-order valence-electron chi connectivity index (χ3n) is 2.94. The topological polar surface area (TPSA) is 71.5 Å². The van der Waals surface area contributed by atoms with Crippen LogP contribution in [0.25, 0.3) is 0 Å². The van der Waals surface area contributed by atoms with E-state index in [2.05, 4.69) is 26.2 Å². The van der Waals surface area contributed by atoms with E-state index in [0.29, 0.717) is 17.0 Å². The van der Waals surface area contributed by atoms with Crippen molar-refractivity contribution in [2.45, 2.75) is 0 Å². The van der Waals surface area contributed by atoms with Crippen LogP contribution in [0.1, 0.15) is 10.4 Å². The predicted molar refractivity (Wildman–Crippen MR) is 90.5 cm³/mol. The molecule has 0 saturated heterocycles. The average molecular weight is 378 g/mol. The number of hydrogen-bond acceptors (Lipinski definition) is 4. The van der Waals surface area contributed by atoms with Crippen LogP contribution in [0.3, 0.4) is 0 Å². The maximum Gasteiger partial charge on any atom is 0.259 e. The van der Waals surface area contributed by atoms with Crippen molar-refractivity contribution in [3.63, 3.8) is 0 Å². The summed E-state index contributed by atoms with van der Waals surface area (Å²) in [6.45, 7) is -0.0254. The first-order chi connectivity index (χ1) is 11.0. The fraction of sp³-hybridized carbons (Fsp3) is 0.188. The number of hydrogen-bond donors (Lipinski definition) is 1. The Kier molecular flexibility index (Phi) is 5.70. The molecular formula is C16H16BrN3O3. The lowest BCUT2D eigenvalue weighted by molar-refractivity contribution is -0.130. The van der Waals surface area contributed by atoms with Crippen molar-refractivity contribution in [3.05, 3.63) is 52.8 Å². The van der Waals surface area contributed by atoms with Crippen LogP contribution in [0, 0.1) is 0 Å². The Balaban J connectivity index is 1.94. The molecule has 1 aromatic heterocycles. The van der Waals surface area contributed by atoms with Gasteiger partial charge in [-0.25, -0.2) is 0 Å². The zero-order valence-corrected chi connectivity index (χ0v) is 14.3. The summed E-state index contributed by atoms with van der Waals surface area (Å²) in [6.07, 6.45) is 3.10. The van der Waals surface area contributed by atoms with E-state index < -0.39 is 0 Å². The molecule has 7 heteroatoms. The Morgan fingerprint density at radius 2 is 1.91 bits per heavy atom. The number of likely N-dealkylation sites (N-methyl/N-ethyl adjacent to an activating group) is 1. The summed E-state index contributed by atoms with van der Waals surface area (Å²) in [6, 6.07) is 8.49. The van der Waals surface area contributed by atoms with Gasteiger partial charge in [-0.05, 0) is 46.3 Å². The third-order valence-corrected chi connectivity index (χ3v) is 3.37. The summed E-state index contributed by atoms with van der Waals surface area (Å²) < 4.78 is 6.10. The fourth-order valence-electron chi connectivity index (χ4n) is 1.65. The standard InChI is InChI=1S/C16H16BrN3O3/c1-20(2)15(21)10-23-14-5-3-13(4-6-14)19-16(22)11-7-12(17)9-18-8-11/h3-9H,10H2,1-2H3,(H,19,22). The molecule has 23 heavy (non-hydrogen) atoms. The van der Waals surface area contributed by atoms with Crippen molar-refractivity contribution >= 4 is 33.4 Å². The molecule has 1 heterocycles. The summed E-state index contributed by atoms with van der Waals surface area (Å²) in [5.41, 5.74) is 1.08. The first-order valence-electron chi connectivity index (χ1n) is 6.80. The molecule has 0 aliphatic rings. The predicted octanol–water partition coefficient (Wildman–Crippen LogP) is 2.56. The van der Waals surface area contributed by atoms with E-state index in [1.165, 1.54) is 11.1 Å². The SMILES string of the molecule is CN(C)C(=O)COc1ccc(NC(=O)c2cncc(Br)c2)cc1. The minimum Gasteiger partial charge on any atom is -0.484 e. The van der Waals surface area contributed by atoms with Gasteiger partial charge in [-0.15, -0.1) is 0 Å². The third kappa shape index (κ3) is 5.07. The molecule has 0 bridgehead atoms. The van der Waals surface area contributed by atoms with E-state index in [1.807, 2.05) is 0 Å². The van der Waals surface area contributed by atoms with E-state index in [4.69, 9.17) is 4.74 Å². The van der Waals surface area contributed by atoms with Crippen LogP contribution in [0.15, 0.2) is 47.2 Å². The first kappa shape index (κ1) is 17.0. The Hall–Kier alpha value is -2.41. The Morgan fingerprint density at radius 1 is 1.22 bits per heavy atom. The zero-order valence-electron chi connectivity index (χ0n) is 12.7. The number of carbonyl (C=O) groups excluding carboxylic acids is 2. The van der Waals surface area contributed by atoms with E-state index in [1.54, 1.807) is 50.6 Å². The molecule has 1 aromatic carbocycles. The summed E-state index contributed by atoms with van der Waals surface area (Å²) in [5, 5.41) is 2.77. The molecular weight excluding hydrogens is 362 g/mol. The van der Waals surface area contributed by atoms with Gasteiger partial charge in [0.15, 0.2) is 6.61 Å². The van der Waals surface area contributed by atoms with Gasteiger partial charge in [-0.1, -0.05) is 0 Å². The van der Waals surface area contributed by atoms with E-state index in [-0.39, 0.29) is 18.4 Å². The van der Waals surface area contributed by atoms with Crippen molar-refractivity contribution in [2.24, 2.45) is 0 Å². The summed E-state index contributed by atoms with van der Waals surface area (Å²) in [4.78, 5) is 28.9. The molecule has 2 amide bonds. The summed E-state index contributed by atoms with van der Waals surface area (Å²) in [7, 11) is 3.34. The normalized spacial score (nSPS) is 10.0. The van der Waals surface area contributed by atoms with Gasteiger partial charge in [0.2, 0.25) is 0 Å². The highest BCUT2D eigenvalue weighted by Gasteiger charge is 2.08. The number of anilines is 1. The molecule has 2 aromatic rings. The molecule has 0 unspecified atom stereocenters. The second-order valence-corrected chi connectivity index (χ2v) is 5.86. The maximum absolute atomic E-state index is 12.1. The minimum absolute atomic E-state index is 0.0254. The van der Waals surface area contributed by atoms with Crippen molar-refractivity contribution in [1.29, 1.82) is 0 Å². The van der Waals surface area contributed by atoms with Crippen LogP contribution in [-0.2, 0) is 4.79 Å². The van der Waals surface area contributed by atoms with Gasteiger partial charge in [0, 0.05) is 36.6 Å². The number of benzene rings is 1. The number of pyridine rings is 1. The van der Waals surface area contributed by atoms with E-state index >= 15 is 0 Å². The average Bonchev–Trinajstić information content (AvgIpc) is 2.53. The molecule has 0 radical (unpaired) electrons. The number of nitrogens with zero attached hydrogens (tertiary/aromatic N) is 2. The van der Waals surface area contributed by atoms with Crippen molar-refractivity contribution in [2.75, 3.05) is 26.0 Å². The van der Waals surface area contributed by atoms with Crippen molar-refractivity contribution in [1.82, 2.24) is 9.88 Å². The van der Waals surface area contributed by atoms with Crippen LogP contribution in [0.4, 0.5) is 5.69 Å². The Morgan fingerprint density at radius 3 is 2.52 bits per heavy atom. The van der Waals surface area contributed by atoms with Crippen LogP contribution < -0.4 is 10.1 Å². The van der Waals surface area contributed by atoms with Gasteiger partial charge in [-0.2, -0.15) is 0 Å². The Labute approximate surface area is 142 Å². The van der Waals surface area contributed by atoms with E-state index in [9.17, 15) is 9.59 Å². The van der Waals surface area contributed by atoms with Gasteiger partial charge in [0.25, 0.3) is 11.8 Å². The lowest BCUT2D eigenvalue weighted by Crippen LogP contribution is -2.27. The second-order valence-electron chi connectivity index (χ2n) is 4.95. The number of amides is 2. The molecule has 2 rings (SSSR count). The number of carbonyl (C=O) groups is 2. The van der Waals surface area contributed by atoms with Gasteiger partial charge >= 0.3 is 0 Å². The van der Waals surface area contributed by atoms with E-state index in [0.717, 1.165) is 4.47 Å². The van der Waals surface area contributed by atoms with Crippen molar-refractivity contribution in [3.8, 4) is 5.75 Å². The molecule has 120 valence electrons. The van der Waals surface area contributed by atoms with Crippen LogP contribution in [0.5, 0.6) is 5.75 Å². The largest absolute Gasteiger partial charge is 0.484 e. The number of rotatable bonds is 5. The molecule has 0 saturated carbocycles. The maximum atomic E-state index is 12.1. The molecule has 1 N–H and O–H groups in total. The second kappa shape index (κ2) is 7.73. The number of halogens is 1. The first-order valence-corrected chi connectivity index (χ1v) is 7.60. The highest BCUT2D eigenvalue weighted by atomic mass is 79.9. The van der Waals surface area contributed by atoms with Crippen molar-refractivity contribution < 1.29 is 14.3 Å². The summed E-state index contributed by atoms with van der Waals surface area (Å²) >= 11 is 3.27.